The number of hydrogen-bond acceptors (Lipinski definition) is 4. The van der Waals surface area contributed by atoms with Crippen LogP contribution in [0.5, 0.6) is 0 Å². The van der Waals surface area contributed by atoms with Gasteiger partial charge in [0.1, 0.15) is 12.1 Å². The van der Waals surface area contributed by atoms with Crippen LogP contribution in [-0.2, 0) is 9.84 Å². The molecule has 0 atom stereocenters. The molecule has 3 rings (SSSR count). The average molecular weight is 403 g/mol. The number of aromatic nitrogens is 3. The summed E-state index contributed by atoms with van der Waals surface area (Å²) in [6.07, 6.45) is 3.90. The Morgan fingerprint density at radius 1 is 1.04 bits per heavy atom. The maximum atomic E-state index is 11.5. The molecule has 0 unspecified atom stereocenters. The Balaban J connectivity index is 2.14. The quantitative estimate of drug-likeness (QED) is 0.655. The van der Waals surface area contributed by atoms with Crippen LogP contribution in [0.25, 0.3) is 17.1 Å². The minimum absolute atomic E-state index is 0.128. The van der Waals surface area contributed by atoms with E-state index >= 15 is 0 Å². The second-order valence-electron chi connectivity index (χ2n) is 5.00. The summed E-state index contributed by atoms with van der Waals surface area (Å²) in [5.74, 6) is 0.461. The fourth-order valence-corrected chi connectivity index (χ4v) is 3.45. The predicted molar refractivity (Wildman–Crippen MR) is 94.9 cm³/mol. The van der Waals surface area contributed by atoms with Crippen molar-refractivity contribution in [3.8, 4) is 17.1 Å². The van der Waals surface area contributed by atoms with E-state index in [0.717, 1.165) is 6.26 Å². The van der Waals surface area contributed by atoms with Crippen molar-refractivity contribution in [2.45, 2.75) is 4.90 Å². The molecule has 0 N–H and O–H groups in total. The molecule has 0 aliphatic carbocycles. The molecule has 2 heterocycles. The van der Waals surface area contributed by atoms with E-state index in [1.54, 1.807) is 28.8 Å². The fourth-order valence-electron chi connectivity index (χ4n) is 2.16. The molecular weight excluding hydrogens is 393 g/mol. The molecule has 9 heteroatoms. The third-order valence-electron chi connectivity index (χ3n) is 3.30. The van der Waals surface area contributed by atoms with E-state index in [2.05, 4.69) is 9.97 Å². The van der Waals surface area contributed by atoms with Crippen LogP contribution in [0.15, 0.2) is 47.8 Å². The van der Waals surface area contributed by atoms with E-state index in [1.807, 2.05) is 0 Å². The molecular formula is C15H10Cl3N3O2S. The van der Waals surface area contributed by atoms with Gasteiger partial charge in [0.15, 0.2) is 15.0 Å². The fraction of sp³-hybridized carbons (Fsp3) is 0.0667. The van der Waals surface area contributed by atoms with Crippen LogP contribution in [-0.4, -0.2) is 29.2 Å². The average Bonchev–Trinajstić information content (AvgIpc) is 2.88. The first-order valence-corrected chi connectivity index (χ1v) is 9.64. The first-order valence-electron chi connectivity index (χ1n) is 6.62. The van der Waals surface area contributed by atoms with Gasteiger partial charge in [0.25, 0.3) is 0 Å². The highest BCUT2D eigenvalue weighted by Crippen LogP contribution is 2.35. The van der Waals surface area contributed by atoms with Crippen LogP contribution >= 0.6 is 34.8 Å². The van der Waals surface area contributed by atoms with Gasteiger partial charge in [-0.2, -0.15) is 0 Å². The monoisotopic (exact) mass is 401 g/mol. The van der Waals surface area contributed by atoms with Crippen LogP contribution in [0.3, 0.4) is 0 Å². The zero-order valence-corrected chi connectivity index (χ0v) is 15.3. The highest BCUT2D eigenvalue weighted by atomic mass is 35.5. The van der Waals surface area contributed by atoms with Crippen LogP contribution in [0.4, 0.5) is 0 Å². The summed E-state index contributed by atoms with van der Waals surface area (Å²) in [4.78, 5) is 8.39. The lowest BCUT2D eigenvalue weighted by atomic mass is 10.1. The number of halogens is 3. The molecule has 0 radical (unpaired) electrons. The van der Waals surface area contributed by atoms with Crippen LogP contribution in [0.2, 0.25) is 15.2 Å². The Hall–Kier alpha value is -1.60. The second-order valence-corrected chi connectivity index (χ2v) is 8.22. The smallest absolute Gasteiger partial charge is 0.177 e. The molecule has 0 bridgehead atoms. The van der Waals surface area contributed by atoms with E-state index in [-0.39, 0.29) is 10.0 Å². The van der Waals surface area contributed by atoms with E-state index in [1.165, 1.54) is 18.6 Å². The summed E-state index contributed by atoms with van der Waals surface area (Å²) < 4.78 is 24.7. The summed E-state index contributed by atoms with van der Waals surface area (Å²) in [6, 6.07) is 8.07. The first kappa shape index (κ1) is 17.2. The van der Waals surface area contributed by atoms with Gasteiger partial charge in [0, 0.05) is 23.0 Å². The van der Waals surface area contributed by atoms with Gasteiger partial charge in [0.05, 0.1) is 15.6 Å². The predicted octanol–water partition coefficient (Wildman–Crippen LogP) is 4.30. The van der Waals surface area contributed by atoms with Gasteiger partial charge in [-0.1, -0.05) is 34.8 Å². The highest BCUT2D eigenvalue weighted by molar-refractivity contribution is 7.90. The summed E-state index contributed by atoms with van der Waals surface area (Å²) >= 11 is 18.4. The number of benzene rings is 1. The van der Waals surface area contributed by atoms with Gasteiger partial charge in [-0.05, 0) is 30.3 Å². The zero-order chi connectivity index (χ0) is 17.5. The Kier molecular flexibility index (Phi) is 4.57. The van der Waals surface area contributed by atoms with Gasteiger partial charge in [0.2, 0.25) is 0 Å². The molecule has 124 valence electrons. The van der Waals surface area contributed by atoms with Gasteiger partial charge >= 0.3 is 0 Å². The lowest BCUT2D eigenvalue weighted by Crippen LogP contribution is -2.02. The number of hydrogen-bond donors (Lipinski definition) is 0. The largest absolute Gasteiger partial charge is 0.281 e. The topological polar surface area (TPSA) is 64.8 Å². The number of imidazole rings is 1. The van der Waals surface area contributed by atoms with Gasteiger partial charge in [-0.25, -0.2) is 18.4 Å². The molecule has 0 saturated heterocycles. The van der Waals surface area contributed by atoms with E-state index in [0.29, 0.717) is 27.1 Å². The molecule has 24 heavy (non-hydrogen) atoms. The molecule has 3 aromatic rings. The van der Waals surface area contributed by atoms with Crippen molar-refractivity contribution in [1.82, 2.24) is 14.5 Å². The maximum absolute atomic E-state index is 11.5. The van der Waals surface area contributed by atoms with Gasteiger partial charge < -0.3 is 0 Å². The lowest BCUT2D eigenvalue weighted by molar-refractivity contribution is 0.601. The molecule has 0 saturated carbocycles. The molecule has 1 aromatic carbocycles. The number of rotatable bonds is 3. The Labute approximate surface area is 153 Å². The van der Waals surface area contributed by atoms with Crippen LogP contribution in [0.1, 0.15) is 0 Å². The third kappa shape index (κ3) is 3.28. The van der Waals surface area contributed by atoms with Gasteiger partial charge in [-0.15, -0.1) is 0 Å². The van der Waals surface area contributed by atoms with E-state index < -0.39 is 9.84 Å². The highest BCUT2D eigenvalue weighted by Gasteiger charge is 2.17. The standard InChI is InChI=1S/C15H10Cl3N3O2S/c1-24(22,23)10-3-5-13(19-7-10)21-8-20-15(18)14(21)11-4-2-9(16)6-12(11)17/h2-8H,1H3. The van der Waals surface area contributed by atoms with E-state index in [4.69, 9.17) is 34.8 Å². The van der Waals surface area contributed by atoms with Crippen molar-refractivity contribution in [3.05, 3.63) is 58.1 Å². The minimum Gasteiger partial charge on any atom is -0.281 e. The molecule has 5 nitrogen and oxygen atoms in total. The number of pyridine rings is 1. The minimum atomic E-state index is -3.32. The summed E-state index contributed by atoms with van der Waals surface area (Å²) in [5, 5.41) is 1.16. The van der Waals surface area contributed by atoms with Gasteiger partial charge in [-0.3, -0.25) is 4.57 Å². The lowest BCUT2D eigenvalue weighted by Gasteiger charge is -2.10. The Morgan fingerprint density at radius 2 is 1.79 bits per heavy atom. The Morgan fingerprint density at radius 3 is 2.38 bits per heavy atom. The van der Waals surface area contributed by atoms with Crippen molar-refractivity contribution in [2.75, 3.05) is 6.26 Å². The molecule has 0 fully saturated rings. The number of sulfone groups is 1. The Bertz CT molecular complexity index is 1010. The molecule has 0 aliphatic heterocycles. The van der Waals surface area contributed by atoms with Crippen molar-refractivity contribution in [1.29, 1.82) is 0 Å². The molecule has 2 aromatic heterocycles. The van der Waals surface area contributed by atoms with Crippen molar-refractivity contribution >= 4 is 44.6 Å². The second kappa shape index (κ2) is 6.37. The van der Waals surface area contributed by atoms with Crippen LogP contribution < -0.4 is 0 Å². The van der Waals surface area contributed by atoms with Crippen molar-refractivity contribution < 1.29 is 8.42 Å². The summed E-state index contributed by atoms with van der Waals surface area (Å²) in [7, 11) is -3.32. The third-order valence-corrected chi connectivity index (χ3v) is 5.23. The van der Waals surface area contributed by atoms with E-state index in [9.17, 15) is 8.42 Å². The maximum Gasteiger partial charge on any atom is 0.177 e. The SMILES string of the molecule is CS(=O)(=O)c1ccc(-n2cnc(Cl)c2-c2ccc(Cl)cc2Cl)nc1. The zero-order valence-electron chi connectivity index (χ0n) is 12.2. The van der Waals surface area contributed by atoms with Crippen molar-refractivity contribution in [3.63, 3.8) is 0 Å². The first-order chi connectivity index (χ1) is 11.3. The molecule has 0 spiro atoms. The summed E-state index contributed by atoms with van der Waals surface area (Å²) in [5.41, 5.74) is 1.18. The molecule has 0 aliphatic rings. The molecule has 0 amide bonds. The number of nitrogens with zero attached hydrogens (tertiary/aromatic N) is 3. The summed E-state index contributed by atoms with van der Waals surface area (Å²) in [6.45, 7) is 0. The van der Waals surface area contributed by atoms with Crippen molar-refractivity contribution in [2.24, 2.45) is 0 Å². The van der Waals surface area contributed by atoms with Crippen LogP contribution in [0, 0.1) is 0 Å². The normalized spacial score (nSPS) is 11.7.